The molecule has 110 valence electrons. The molecular formula is C15H24N4O. The highest BCUT2D eigenvalue weighted by atomic mass is 16.5. The third-order valence-corrected chi connectivity index (χ3v) is 4.01. The molecule has 1 N–H and O–H groups in total. The lowest BCUT2D eigenvalue weighted by Crippen LogP contribution is -2.43. The molecule has 2 aliphatic rings. The van der Waals surface area contributed by atoms with Gasteiger partial charge in [0.05, 0.1) is 12.2 Å². The van der Waals surface area contributed by atoms with E-state index in [1.54, 1.807) is 0 Å². The highest BCUT2D eigenvalue weighted by molar-refractivity contribution is 5.50. The largest absolute Gasteiger partial charge is 0.373 e. The Hall–Kier alpha value is -1.36. The van der Waals surface area contributed by atoms with Crippen LogP contribution in [0.5, 0.6) is 0 Å². The van der Waals surface area contributed by atoms with E-state index in [9.17, 15) is 0 Å². The third kappa shape index (κ3) is 2.59. The first-order valence-corrected chi connectivity index (χ1v) is 7.43. The quantitative estimate of drug-likeness (QED) is 0.897. The van der Waals surface area contributed by atoms with Crippen molar-refractivity contribution in [2.24, 2.45) is 0 Å². The molecule has 5 nitrogen and oxygen atoms in total. The summed E-state index contributed by atoms with van der Waals surface area (Å²) in [5.74, 6) is 2.80. The summed E-state index contributed by atoms with van der Waals surface area (Å²) in [7, 11) is 1.90. The Morgan fingerprint density at radius 2 is 1.85 bits per heavy atom. The van der Waals surface area contributed by atoms with Gasteiger partial charge in [-0.1, -0.05) is 20.8 Å². The van der Waals surface area contributed by atoms with E-state index < -0.39 is 0 Å². The average molecular weight is 276 g/mol. The molecule has 2 bridgehead atoms. The Morgan fingerprint density at radius 3 is 2.40 bits per heavy atom. The molecule has 2 aliphatic heterocycles. The first-order chi connectivity index (χ1) is 9.45. The van der Waals surface area contributed by atoms with Gasteiger partial charge in [0.15, 0.2) is 0 Å². The molecule has 1 aromatic heterocycles. The summed E-state index contributed by atoms with van der Waals surface area (Å²) in [6.45, 7) is 8.33. The highest BCUT2D eigenvalue weighted by Gasteiger charge is 2.34. The van der Waals surface area contributed by atoms with Crippen molar-refractivity contribution in [2.45, 2.75) is 51.2 Å². The van der Waals surface area contributed by atoms with E-state index in [-0.39, 0.29) is 5.41 Å². The highest BCUT2D eigenvalue weighted by Crippen LogP contribution is 2.30. The van der Waals surface area contributed by atoms with E-state index in [1.165, 1.54) is 12.8 Å². The van der Waals surface area contributed by atoms with Gasteiger partial charge in [-0.3, -0.25) is 0 Å². The Kier molecular flexibility index (Phi) is 3.32. The van der Waals surface area contributed by atoms with Crippen LogP contribution in [0.1, 0.15) is 39.4 Å². The number of nitrogens with zero attached hydrogens (tertiary/aromatic N) is 3. The van der Waals surface area contributed by atoms with Gasteiger partial charge in [0, 0.05) is 31.6 Å². The zero-order valence-electron chi connectivity index (χ0n) is 12.8. The minimum Gasteiger partial charge on any atom is -0.373 e. The van der Waals surface area contributed by atoms with Gasteiger partial charge in [-0.25, -0.2) is 9.97 Å². The van der Waals surface area contributed by atoms with Crippen LogP contribution in [0.3, 0.4) is 0 Å². The first-order valence-electron chi connectivity index (χ1n) is 7.43. The van der Waals surface area contributed by atoms with E-state index >= 15 is 0 Å². The van der Waals surface area contributed by atoms with Crippen LogP contribution in [0, 0.1) is 0 Å². The molecule has 2 fully saturated rings. The molecule has 0 saturated carbocycles. The summed E-state index contributed by atoms with van der Waals surface area (Å²) >= 11 is 0. The van der Waals surface area contributed by atoms with Crippen LogP contribution >= 0.6 is 0 Å². The van der Waals surface area contributed by atoms with Crippen molar-refractivity contribution in [1.82, 2.24) is 9.97 Å². The molecule has 0 spiro atoms. The zero-order chi connectivity index (χ0) is 14.3. The summed E-state index contributed by atoms with van der Waals surface area (Å²) in [6.07, 6.45) is 3.11. The van der Waals surface area contributed by atoms with Gasteiger partial charge in [0.2, 0.25) is 0 Å². The van der Waals surface area contributed by atoms with Gasteiger partial charge in [0.1, 0.15) is 17.5 Å². The van der Waals surface area contributed by atoms with Crippen LogP contribution in [0.2, 0.25) is 0 Å². The molecule has 0 radical (unpaired) electrons. The van der Waals surface area contributed by atoms with Crippen LogP contribution in [0.4, 0.5) is 11.6 Å². The average Bonchev–Trinajstić information content (AvgIpc) is 2.76. The number of morpholine rings is 1. The van der Waals surface area contributed by atoms with Crippen molar-refractivity contribution in [3.63, 3.8) is 0 Å². The maximum Gasteiger partial charge on any atom is 0.138 e. The van der Waals surface area contributed by atoms with Crippen molar-refractivity contribution in [2.75, 3.05) is 30.4 Å². The molecule has 2 unspecified atom stereocenters. The number of rotatable bonds is 2. The molecule has 3 heterocycles. The topological polar surface area (TPSA) is 50.3 Å². The summed E-state index contributed by atoms with van der Waals surface area (Å²) in [6, 6.07) is 2.04. The molecule has 1 aromatic rings. The van der Waals surface area contributed by atoms with Crippen LogP contribution in [0.25, 0.3) is 0 Å². The molecule has 20 heavy (non-hydrogen) atoms. The minimum atomic E-state index is -0.0487. The molecule has 2 atom stereocenters. The predicted molar refractivity (Wildman–Crippen MR) is 80.4 cm³/mol. The Labute approximate surface area is 120 Å². The molecule has 5 heteroatoms. The van der Waals surface area contributed by atoms with Gasteiger partial charge < -0.3 is 15.0 Å². The second kappa shape index (κ2) is 4.88. The summed E-state index contributed by atoms with van der Waals surface area (Å²) in [4.78, 5) is 11.7. The fraction of sp³-hybridized carbons (Fsp3) is 0.733. The van der Waals surface area contributed by atoms with E-state index in [0.717, 1.165) is 30.5 Å². The first kappa shape index (κ1) is 13.6. The number of hydrogen-bond acceptors (Lipinski definition) is 5. The normalized spacial score (nSPS) is 25.9. The molecule has 0 aliphatic carbocycles. The SMILES string of the molecule is CNc1cc(N2CC3CCC(C2)O3)nc(C(C)(C)C)n1. The van der Waals surface area contributed by atoms with Gasteiger partial charge in [0.25, 0.3) is 0 Å². The summed E-state index contributed by atoms with van der Waals surface area (Å²) in [5.41, 5.74) is -0.0487. The number of ether oxygens (including phenoxy) is 1. The van der Waals surface area contributed by atoms with Crippen molar-refractivity contribution in [1.29, 1.82) is 0 Å². The van der Waals surface area contributed by atoms with Gasteiger partial charge in [-0.05, 0) is 12.8 Å². The van der Waals surface area contributed by atoms with Crippen molar-refractivity contribution >= 4 is 11.6 Å². The van der Waals surface area contributed by atoms with E-state index in [2.05, 4.69) is 36.0 Å². The number of anilines is 2. The fourth-order valence-corrected chi connectivity index (χ4v) is 2.86. The number of nitrogens with one attached hydrogen (secondary N) is 1. The molecule has 3 rings (SSSR count). The standard InChI is InChI=1S/C15H24N4O/c1-15(2,3)14-17-12(16-4)7-13(18-14)19-8-10-5-6-11(9-19)20-10/h7,10-11H,5-6,8-9H2,1-4H3,(H,16,17,18). The smallest absolute Gasteiger partial charge is 0.138 e. The summed E-state index contributed by atoms with van der Waals surface area (Å²) in [5, 5.41) is 3.15. The lowest BCUT2D eigenvalue weighted by atomic mass is 9.96. The zero-order valence-corrected chi connectivity index (χ0v) is 12.8. The molecule has 0 aromatic carbocycles. The predicted octanol–water partition coefficient (Wildman–Crippen LogP) is 2.18. The van der Waals surface area contributed by atoms with Gasteiger partial charge in [-0.2, -0.15) is 0 Å². The van der Waals surface area contributed by atoms with Gasteiger partial charge in [-0.15, -0.1) is 0 Å². The van der Waals surface area contributed by atoms with E-state index in [1.807, 2.05) is 13.1 Å². The fourth-order valence-electron chi connectivity index (χ4n) is 2.86. The maximum absolute atomic E-state index is 5.90. The van der Waals surface area contributed by atoms with E-state index in [4.69, 9.17) is 9.72 Å². The molecule has 0 amide bonds. The second-order valence-electron chi connectivity index (χ2n) is 6.80. The van der Waals surface area contributed by atoms with Crippen LogP contribution in [-0.2, 0) is 10.2 Å². The van der Waals surface area contributed by atoms with Gasteiger partial charge >= 0.3 is 0 Å². The third-order valence-electron chi connectivity index (χ3n) is 4.01. The van der Waals surface area contributed by atoms with Crippen molar-refractivity contribution < 1.29 is 4.74 Å². The Bertz CT molecular complexity index is 485. The molecular weight excluding hydrogens is 252 g/mol. The lowest BCUT2D eigenvalue weighted by molar-refractivity contribution is 0.0302. The van der Waals surface area contributed by atoms with Crippen molar-refractivity contribution in [3.05, 3.63) is 11.9 Å². The molecule has 2 saturated heterocycles. The Balaban J connectivity index is 1.92. The Morgan fingerprint density at radius 1 is 1.20 bits per heavy atom. The van der Waals surface area contributed by atoms with Crippen LogP contribution < -0.4 is 10.2 Å². The van der Waals surface area contributed by atoms with Crippen molar-refractivity contribution in [3.8, 4) is 0 Å². The number of aromatic nitrogens is 2. The number of fused-ring (bicyclic) bond motifs is 2. The lowest BCUT2D eigenvalue weighted by Gasteiger charge is -2.33. The minimum absolute atomic E-state index is 0.0487. The second-order valence-corrected chi connectivity index (χ2v) is 6.80. The van der Waals surface area contributed by atoms with Crippen LogP contribution in [0.15, 0.2) is 6.07 Å². The summed E-state index contributed by atoms with van der Waals surface area (Å²) < 4.78 is 5.90. The number of hydrogen-bond donors (Lipinski definition) is 1. The monoisotopic (exact) mass is 276 g/mol. The van der Waals surface area contributed by atoms with E-state index in [0.29, 0.717) is 12.2 Å². The van der Waals surface area contributed by atoms with Crippen LogP contribution in [-0.4, -0.2) is 42.3 Å². The maximum atomic E-state index is 5.90.